The number of ether oxygens (including phenoxy) is 2. The molecular weight excluding hydrogens is 264 g/mol. The van der Waals surface area contributed by atoms with Crippen molar-refractivity contribution < 1.29 is 9.47 Å². The van der Waals surface area contributed by atoms with E-state index < -0.39 is 0 Å². The zero-order chi connectivity index (χ0) is 14.0. The van der Waals surface area contributed by atoms with E-state index in [9.17, 15) is 0 Å². The molecule has 6 nitrogen and oxygen atoms in total. The van der Waals surface area contributed by atoms with Crippen molar-refractivity contribution in [2.75, 3.05) is 14.2 Å². The third-order valence-corrected chi connectivity index (χ3v) is 2.94. The molecule has 0 bridgehead atoms. The first-order valence-electron chi connectivity index (χ1n) is 5.53. The molecular formula is C12H14N4O2S. The molecule has 1 heterocycles. The van der Waals surface area contributed by atoms with Crippen LogP contribution in [-0.2, 0) is 0 Å². The smallest absolute Gasteiger partial charge is 0.148 e. The minimum absolute atomic E-state index is 0.219. The van der Waals surface area contributed by atoms with Gasteiger partial charge in [0.15, 0.2) is 0 Å². The molecule has 1 aromatic heterocycles. The van der Waals surface area contributed by atoms with Gasteiger partial charge < -0.3 is 15.2 Å². The molecule has 2 N–H and O–H groups in total. The first-order valence-corrected chi connectivity index (χ1v) is 5.93. The first kappa shape index (κ1) is 13.3. The Hall–Kier alpha value is -2.15. The van der Waals surface area contributed by atoms with Crippen molar-refractivity contribution in [3.63, 3.8) is 0 Å². The summed E-state index contributed by atoms with van der Waals surface area (Å²) in [5, 5.41) is 8.02. The predicted octanol–water partition coefficient (Wildman–Crippen LogP) is 1.23. The van der Waals surface area contributed by atoms with Crippen molar-refractivity contribution >= 4 is 17.2 Å². The molecule has 0 amide bonds. The van der Waals surface area contributed by atoms with Crippen LogP contribution >= 0.6 is 12.2 Å². The van der Waals surface area contributed by atoms with E-state index in [2.05, 4.69) is 10.3 Å². The minimum atomic E-state index is 0.219. The van der Waals surface area contributed by atoms with Gasteiger partial charge in [0, 0.05) is 6.07 Å². The largest absolute Gasteiger partial charge is 0.497 e. The summed E-state index contributed by atoms with van der Waals surface area (Å²) in [6.45, 7) is 1.85. The van der Waals surface area contributed by atoms with Gasteiger partial charge in [-0.3, -0.25) is 0 Å². The summed E-state index contributed by atoms with van der Waals surface area (Å²) in [5.41, 5.74) is 7.60. The SMILES string of the molecule is COc1ccc(-n2nnc(C(N)=S)c2C)c(OC)c1. The van der Waals surface area contributed by atoms with Crippen molar-refractivity contribution in [2.45, 2.75) is 6.92 Å². The average Bonchev–Trinajstić information content (AvgIpc) is 2.79. The fraction of sp³-hybridized carbons (Fsp3) is 0.250. The first-order chi connectivity index (χ1) is 9.08. The van der Waals surface area contributed by atoms with E-state index in [0.717, 1.165) is 11.4 Å². The predicted molar refractivity (Wildman–Crippen MR) is 75.1 cm³/mol. The Kier molecular flexibility index (Phi) is 3.66. The molecule has 100 valence electrons. The molecule has 0 spiro atoms. The highest BCUT2D eigenvalue weighted by Gasteiger charge is 2.15. The van der Waals surface area contributed by atoms with E-state index in [1.165, 1.54) is 0 Å². The molecule has 1 aromatic carbocycles. The lowest BCUT2D eigenvalue weighted by Crippen LogP contribution is -2.12. The second-order valence-corrected chi connectivity index (χ2v) is 4.28. The number of rotatable bonds is 4. The highest BCUT2D eigenvalue weighted by Crippen LogP contribution is 2.28. The number of methoxy groups -OCH3 is 2. The highest BCUT2D eigenvalue weighted by atomic mass is 32.1. The van der Waals surface area contributed by atoms with Gasteiger partial charge >= 0.3 is 0 Å². The second kappa shape index (κ2) is 5.23. The summed E-state index contributed by atoms with van der Waals surface area (Å²) in [5.74, 6) is 1.33. The number of benzene rings is 1. The molecule has 0 aliphatic heterocycles. The quantitative estimate of drug-likeness (QED) is 0.848. The van der Waals surface area contributed by atoms with Crippen LogP contribution in [0.5, 0.6) is 11.5 Å². The fourth-order valence-electron chi connectivity index (χ4n) is 1.75. The Bertz CT molecular complexity index is 624. The van der Waals surface area contributed by atoms with E-state index >= 15 is 0 Å². The maximum absolute atomic E-state index is 5.59. The summed E-state index contributed by atoms with van der Waals surface area (Å²) in [7, 11) is 3.18. The number of hydrogen-bond donors (Lipinski definition) is 1. The van der Waals surface area contributed by atoms with E-state index in [4.69, 9.17) is 27.4 Å². The van der Waals surface area contributed by atoms with Gasteiger partial charge in [-0.05, 0) is 19.1 Å². The monoisotopic (exact) mass is 278 g/mol. The van der Waals surface area contributed by atoms with Crippen LogP contribution in [0.2, 0.25) is 0 Å². The van der Waals surface area contributed by atoms with Gasteiger partial charge in [-0.15, -0.1) is 5.10 Å². The van der Waals surface area contributed by atoms with Crippen LogP contribution in [0.3, 0.4) is 0 Å². The zero-order valence-electron chi connectivity index (χ0n) is 10.9. The van der Waals surface area contributed by atoms with Crippen molar-refractivity contribution in [2.24, 2.45) is 5.73 Å². The van der Waals surface area contributed by atoms with Gasteiger partial charge in [0.05, 0.1) is 19.9 Å². The normalized spacial score (nSPS) is 10.3. The van der Waals surface area contributed by atoms with E-state index in [0.29, 0.717) is 17.2 Å². The van der Waals surface area contributed by atoms with Gasteiger partial charge in [0.25, 0.3) is 0 Å². The second-order valence-electron chi connectivity index (χ2n) is 3.84. The summed E-state index contributed by atoms with van der Waals surface area (Å²) in [6.07, 6.45) is 0. The van der Waals surface area contributed by atoms with Crippen molar-refractivity contribution in [1.82, 2.24) is 15.0 Å². The van der Waals surface area contributed by atoms with Crippen LogP contribution in [0.1, 0.15) is 11.4 Å². The molecule has 19 heavy (non-hydrogen) atoms. The number of thiocarbonyl (C=S) groups is 1. The maximum Gasteiger partial charge on any atom is 0.148 e. The van der Waals surface area contributed by atoms with Crippen molar-refractivity contribution in [3.8, 4) is 17.2 Å². The molecule has 2 rings (SSSR count). The molecule has 0 atom stereocenters. The number of hydrogen-bond acceptors (Lipinski definition) is 5. The number of aromatic nitrogens is 3. The van der Waals surface area contributed by atoms with E-state index in [1.54, 1.807) is 25.0 Å². The Morgan fingerprint density at radius 2 is 2.05 bits per heavy atom. The standard InChI is InChI=1S/C12H14N4O2S/c1-7-11(12(13)19)14-15-16(7)9-5-4-8(17-2)6-10(9)18-3/h4-6H,1-3H3,(H2,13,19). The molecule has 0 aliphatic rings. The number of nitrogens with two attached hydrogens (primary N) is 1. The van der Waals surface area contributed by atoms with Gasteiger partial charge in [-0.2, -0.15) is 0 Å². The third-order valence-electron chi connectivity index (χ3n) is 2.74. The lowest BCUT2D eigenvalue weighted by Gasteiger charge is -2.11. The Morgan fingerprint density at radius 1 is 1.32 bits per heavy atom. The van der Waals surface area contributed by atoms with Crippen LogP contribution in [-0.4, -0.2) is 34.2 Å². The minimum Gasteiger partial charge on any atom is -0.497 e. The highest BCUT2D eigenvalue weighted by molar-refractivity contribution is 7.80. The summed E-state index contributed by atoms with van der Waals surface area (Å²) in [6, 6.07) is 5.43. The maximum atomic E-state index is 5.59. The Morgan fingerprint density at radius 3 is 2.58 bits per heavy atom. The molecule has 0 aliphatic carbocycles. The van der Waals surface area contributed by atoms with Crippen LogP contribution in [0.15, 0.2) is 18.2 Å². The molecule has 0 radical (unpaired) electrons. The summed E-state index contributed by atoms with van der Waals surface area (Å²) < 4.78 is 12.1. The molecule has 0 unspecified atom stereocenters. The molecule has 0 fully saturated rings. The fourth-order valence-corrected chi connectivity index (χ4v) is 1.93. The third kappa shape index (κ3) is 2.37. The van der Waals surface area contributed by atoms with Gasteiger partial charge in [0.1, 0.15) is 27.9 Å². The van der Waals surface area contributed by atoms with Crippen molar-refractivity contribution in [3.05, 3.63) is 29.6 Å². The molecule has 2 aromatic rings. The van der Waals surface area contributed by atoms with Crippen LogP contribution in [0.4, 0.5) is 0 Å². The van der Waals surface area contributed by atoms with E-state index in [-0.39, 0.29) is 4.99 Å². The Labute approximate surface area is 116 Å². The van der Waals surface area contributed by atoms with Gasteiger partial charge in [-0.25, -0.2) is 4.68 Å². The lowest BCUT2D eigenvalue weighted by molar-refractivity contribution is 0.392. The average molecular weight is 278 g/mol. The van der Waals surface area contributed by atoms with Crippen LogP contribution in [0.25, 0.3) is 5.69 Å². The Balaban J connectivity index is 2.55. The molecule has 0 saturated carbocycles. The van der Waals surface area contributed by atoms with Crippen LogP contribution in [0, 0.1) is 6.92 Å². The van der Waals surface area contributed by atoms with Crippen molar-refractivity contribution in [1.29, 1.82) is 0 Å². The molecule has 0 saturated heterocycles. The van der Waals surface area contributed by atoms with Gasteiger partial charge in [0.2, 0.25) is 0 Å². The zero-order valence-corrected chi connectivity index (χ0v) is 11.7. The number of nitrogens with zero attached hydrogens (tertiary/aromatic N) is 3. The lowest BCUT2D eigenvalue weighted by atomic mass is 10.2. The molecule has 7 heteroatoms. The topological polar surface area (TPSA) is 75.2 Å². The van der Waals surface area contributed by atoms with E-state index in [1.807, 2.05) is 19.1 Å². The van der Waals surface area contributed by atoms with Crippen LogP contribution < -0.4 is 15.2 Å². The summed E-state index contributed by atoms with van der Waals surface area (Å²) in [4.78, 5) is 0.219. The summed E-state index contributed by atoms with van der Waals surface area (Å²) >= 11 is 4.92. The van der Waals surface area contributed by atoms with Gasteiger partial charge in [-0.1, -0.05) is 17.4 Å².